The maximum absolute atomic E-state index is 13.0. The van der Waals surface area contributed by atoms with Crippen molar-refractivity contribution in [3.05, 3.63) is 63.9 Å². The van der Waals surface area contributed by atoms with Gasteiger partial charge in [-0.15, -0.1) is 0 Å². The Bertz CT molecular complexity index is 1140. The van der Waals surface area contributed by atoms with Gasteiger partial charge in [0.2, 0.25) is 0 Å². The second kappa shape index (κ2) is 9.71. The summed E-state index contributed by atoms with van der Waals surface area (Å²) in [6.07, 6.45) is 3.48. The summed E-state index contributed by atoms with van der Waals surface area (Å²) in [5.74, 6) is 0.490. The summed E-state index contributed by atoms with van der Waals surface area (Å²) in [6.45, 7) is 3.98. The fraction of sp³-hybridized carbons (Fsp3) is 0.375. The predicted octanol–water partition coefficient (Wildman–Crippen LogP) is 3.97. The highest BCUT2D eigenvalue weighted by molar-refractivity contribution is 6.31. The second-order valence-electron chi connectivity index (χ2n) is 8.27. The summed E-state index contributed by atoms with van der Waals surface area (Å²) in [5, 5.41) is 3.69. The Kier molecular flexibility index (Phi) is 6.77. The molecule has 1 unspecified atom stereocenters. The van der Waals surface area contributed by atoms with Crippen LogP contribution in [0.25, 0.3) is 11.0 Å². The molecular formula is C24H28ClN5O2. The Balaban J connectivity index is 1.53. The number of H-pyrrole nitrogens is 1. The average molecular weight is 454 g/mol. The van der Waals surface area contributed by atoms with Crippen molar-refractivity contribution in [1.82, 2.24) is 20.2 Å². The van der Waals surface area contributed by atoms with Crippen molar-refractivity contribution in [3.8, 4) is 0 Å². The predicted molar refractivity (Wildman–Crippen MR) is 126 cm³/mol. The van der Waals surface area contributed by atoms with Crippen molar-refractivity contribution in [2.24, 2.45) is 5.73 Å². The summed E-state index contributed by atoms with van der Waals surface area (Å²) in [5.41, 5.74) is 9.28. The van der Waals surface area contributed by atoms with Gasteiger partial charge in [0.15, 0.2) is 0 Å². The molecule has 0 saturated carbocycles. The highest BCUT2D eigenvalue weighted by Gasteiger charge is 2.23. The van der Waals surface area contributed by atoms with Crippen LogP contribution in [0.3, 0.4) is 0 Å². The zero-order valence-corrected chi connectivity index (χ0v) is 18.9. The maximum Gasteiger partial charge on any atom is 0.254 e. The quantitative estimate of drug-likeness (QED) is 0.503. The number of halogens is 1. The molecule has 1 saturated heterocycles. The molecule has 0 spiro atoms. The van der Waals surface area contributed by atoms with Crippen molar-refractivity contribution >= 4 is 34.4 Å². The van der Waals surface area contributed by atoms with Crippen LogP contribution in [0.1, 0.15) is 63.8 Å². The number of nitrogens with one attached hydrogen (secondary N) is 2. The third kappa shape index (κ3) is 4.79. The third-order valence-electron chi connectivity index (χ3n) is 5.91. The number of hydrogen-bond acceptors (Lipinski definition) is 4. The third-order valence-corrected chi connectivity index (χ3v) is 6.14. The van der Waals surface area contributed by atoms with Gasteiger partial charge in [0.25, 0.3) is 11.8 Å². The Labute approximate surface area is 192 Å². The smallest absolute Gasteiger partial charge is 0.254 e. The minimum atomic E-state index is -0.316. The number of likely N-dealkylation sites (tertiary alicyclic amines) is 1. The molecule has 1 aromatic heterocycles. The van der Waals surface area contributed by atoms with Gasteiger partial charge in [0, 0.05) is 29.2 Å². The molecule has 1 atom stereocenters. The molecule has 0 radical (unpaired) electrons. The summed E-state index contributed by atoms with van der Waals surface area (Å²) in [4.78, 5) is 35.6. The van der Waals surface area contributed by atoms with Crippen LogP contribution in [0, 0.1) is 6.92 Å². The average Bonchev–Trinajstić information content (AvgIpc) is 3.45. The number of hydrogen-bond donors (Lipinski definition) is 3. The van der Waals surface area contributed by atoms with Gasteiger partial charge in [-0.2, -0.15) is 0 Å². The van der Waals surface area contributed by atoms with E-state index in [1.54, 1.807) is 24.3 Å². The van der Waals surface area contributed by atoms with Crippen molar-refractivity contribution in [1.29, 1.82) is 0 Å². The number of benzene rings is 2. The van der Waals surface area contributed by atoms with E-state index >= 15 is 0 Å². The lowest BCUT2D eigenvalue weighted by molar-refractivity contribution is 0.0791. The Morgan fingerprint density at radius 2 is 2.00 bits per heavy atom. The number of rotatable bonds is 7. The summed E-state index contributed by atoms with van der Waals surface area (Å²) < 4.78 is 0. The number of carbonyl (C=O) groups excluding carboxylic acids is 2. The first kappa shape index (κ1) is 22.3. The number of aromatic amines is 1. The van der Waals surface area contributed by atoms with E-state index in [1.807, 2.05) is 24.0 Å². The molecule has 2 heterocycles. The summed E-state index contributed by atoms with van der Waals surface area (Å²) in [6, 6.07) is 10.4. The normalized spacial score (nSPS) is 14.7. The van der Waals surface area contributed by atoms with Crippen LogP contribution in [0.15, 0.2) is 36.4 Å². The van der Waals surface area contributed by atoms with Crippen molar-refractivity contribution in [2.75, 3.05) is 19.6 Å². The van der Waals surface area contributed by atoms with Gasteiger partial charge in [-0.05, 0) is 81.1 Å². The summed E-state index contributed by atoms with van der Waals surface area (Å²) in [7, 11) is 0. The minimum absolute atomic E-state index is 0.0358. The number of fused-ring (bicyclic) bond motifs is 1. The van der Waals surface area contributed by atoms with Gasteiger partial charge in [-0.1, -0.05) is 11.6 Å². The first-order chi connectivity index (χ1) is 15.5. The van der Waals surface area contributed by atoms with E-state index in [4.69, 9.17) is 17.3 Å². The molecule has 32 heavy (non-hydrogen) atoms. The molecular weight excluding hydrogens is 426 g/mol. The molecule has 1 aliphatic heterocycles. The Morgan fingerprint density at radius 1 is 1.22 bits per heavy atom. The standard InChI is InChI=1S/C24H28ClN5O2/c1-15-13-16(6-8-18(15)24(32)30-11-2-3-12-30)23(31)29-20(5-4-10-26)22-27-19-9-7-17(25)14-21(19)28-22/h6-9,13-14,20H,2-5,10-12,26H2,1H3,(H,27,28)(H,29,31). The summed E-state index contributed by atoms with van der Waals surface area (Å²) >= 11 is 6.09. The van der Waals surface area contributed by atoms with E-state index in [9.17, 15) is 9.59 Å². The minimum Gasteiger partial charge on any atom is -0.342 e. The van der Waals surface area contributed by atoms with E-state index in [1.165, 1.54) is 0 Å². The molecule has 1 fully saturated rings. The van der Waals surface area contributed by atoms with E-state index in [2.05, 4.69) is 15.3 Å². The molecule has 7 nitrogen and oxygen atoms in total. The fourth-order valence-electron chi connectivity index (χ4n) is 4.14. The highest BCUT2D eigenvalue weighted by atomic mass is 35.5. The number of aryl methyl sites for hydroxylation is 1. The van der Waals surface area contributed by atoms with Crippen LogP contribution < -0.4 is 11.1 Å². The molecule has 2 aromatic carbocycles. The van der Waals surface area contributed by atoms with Crippen LogP contribution in [-0.4, -0.2) is 46.3 Å². The molecule has 4 N–H and O–H groups in total. The first-order valence-corrected chi connectivity index (χ1v) is 11.4. The van der Waals surface area contributed by atoms with Gasteiger partial charge in [0.1, 0.15) is 5.82 Å². The van der Waals surface area contributed by atoms with Gasteiger partial charge in [-0.3, -0.25) is 9.59 Å². The van der Waals surface area contributed by atoms with Gasteiger partial charge in [0.05, 0.1) is 17.1 Å². The van der Waals surface area contributed by atoms with E-state index in [0.29, 0.717) is 34.9 Å². The zero-order valence-electron chi connectivity index (χ0n) is 18.2. The lowest BCUT2D eigenvalue weighted by Crippen LogP contribution is -2.30. The van der Waals surface area contributed by atoms with Gasteiger partial charge < -0.3 is 20.9 Å². The number of nitrogens with two attached hydrogens (primary N) is 1. The number of amides is 2. The maximum atomic E-state index is 13.0. The van der Waals surface area contributed by atoms with E-state index in [-0.39, 0.29) is 17.9 Å². The molecule has 4 rings (SSSR count). The number of nitrogens with zero attached hydrogens (tertiary/aromatic N) is 2. The van der Waals surface area contributed by atoms with Crippen LogP contribution >= 0.6 is 11.6 Å². The fourth-order valence-corrected chi connectivity index (χ4v) is 4.31. The number of aromatic nitrogens is 2. The van der Waals surface area contributed by atoms with Crippen LogP contribution in [0.5, 0.6) is 0 Å². The Morgan fingerprint density at radius 3 is 2.72 bits per heavy atom. The topological polar surface area (TPSA) is 104 Å². The molecule has 0 bridgehead atoms. The van der Waals surface area contributed by atoms with Crippen LogP contribution in [-0.2, 0) is 0 Å². The zero-order chi connectivity index (χ0) is 22.7. The lowest BCUT2D eigenvalue weighted by atomic mass is 10.0. The van der Waals surface area contributed by atoms with Gasteiger partial charge >= 0.3 is 0 Å². The van der Waals surface area contributed by atoms with Crippen LogP contribution in [0.4, 0.5) is 0 Å². The molecule has 2 amide bonds. The van der Waals surface area contributed by atoms with Crippen molar-refractivity contribution in [3.63, 3.8) is 0 Å². The molecule has 8 heteroatoms. The lowest BCUT2D eigenvalue weighted by Gasteiger charge is -2.18. The van der Waals surface area contributed by atoms with Crippen LogP contribution in [0.2, 0.25) is 5.02 Å². The Hall–Kier alpha value is -2.90. The monoisotopic (exact) mass is 453 g/mol. The molecule has 168 valence electrons. The van der Waals surface area contributed by atoms with Crippen molar-refractivity contribution < 1.29 is 9.59 Å². The number of carbonyl (C=O) groups is 2. The largest absolute Gasteiger partial charge is 0.342 e. The van der Waals surface area contributed by atoms with Crippen molar-refractivity contribution in [2.45, 2.75) is 38.6 Å². The first-order valence-electron chi connectivity index (χ1n) is 11.0. The van der Waals surface area contributed by atoms with Gasteiger partial charge in [-0.25, -0.2) is 4.98 Å². The highest BCUT2D eigenvalue weighted by Crippen LogP contribution is 2.23. The number of imidazole rings is 1. The van der Waals surface area contributed by atoms with E-state index in [0.717, 1.165) is 48.9 Å². The molecule has 0 aliphatic carbocycles. The van der Waals surface area contributed by atoms with E-state index < -0.39 is 0 Å². The second-order valence-corrected chi connectivity index (χ2v) is 8.71. The molecule has 1 aliphatic rings. The molecule has 3 aromatic rings. The SMILES string of the molecule is Cc1cc(C(=O)NC(CCCN)c2nc3ccc(Cl)cc3[nH]2)ccc1C(=O)N1CCCC1.